The Hall–Kier alpha value is -1.92. The van der Waals surface area contributed by atoms with E-state index < -0.39 is 5.60 Å². The van der Waals surface area contributed by atoms with E-state index in [1.807, 2.05) is 6.07 Å². The number of nitrogens with zero attached hydrogens (tertiary/aromatic N) is 1. The quantitative estimate of drug-likeness (QED) is 0.816. The molecule has 1 aliphatic rings. The van der Waals surface area contributed by atoms with E-state index in [9.17, 15) is 9.90 Å². The summed E-state index contributed by atoms with van der Waals surface area (Å²) in [6.07, 6.45) is 4.90. The molecular formula is C18H22N2O3S. The highest BCUT2D eigenvalue weighted by molar-refractivity contribution is 7.97. The third kappa shape index (κ3) is 3.76. The Morgan fingerprint density at radius 3 is 2.75 bits per heavy atom. The zero-order valence-electron chi connectivity index (χ0n) is 14.1. The number of aryl methyl sites for hydroxylation is 2. The number of urea groups is 1. The Morgan fingerprint density at radius 2 is 2.04 bits per heavy atom. The first kappa shape index (κ1) is 16.9. The molecule has 0 spiro atoms. The number of amides is 2. The van der Waals surface area contributed by atoms with Crippen molar-refractivity contribution in [2.45, 2.75) is 43.8 Å². The summed E-state index contributed by atoms with van der Waals surface area (Å²) in [5.74, 6) is 0. The van der Waals surface area contributed by atoms with Crippen LogP contribution < -0.4 is 5.32 Å². The van der Waals surface area contributed by atoms with Gasteiger partial charge in [-0.1, -0.05) is 6.07 Å². The van der Waals surface area contributed by atoms with Crippen LogP contribution in [0.4, 0.5) is 10.5 Å². The van der Waals surface area contributed by atoms with E-state index >= 15 is 0 Å². The largest absolute Gasteiger partial charge is 0.456 e. The van der Waals surface area contributed by atoms with Gasteiger partial charge in [0.25, 0.3) is 0 Å². The summed E-state index contributed by atoms with van der Waals surface area (Å²) in [4.78, 5) is 12.3. The highest BCUT2D eigenvalue weighted by Gasteiger charge is 2.21. The van der Waals surface area contributed by atoms with Gasteiger partial charge in [-0.2, -0.15) is 0 Å². The summed E-state index contributed by atoms with van der Waals surface area (Å²) in [5, 5.41) is 13.4. The summed E-state index contributed by atoms with van der Waals surface area (Å²) >= 11 is 1.18. The number of benzene rings is 1. The Morgan fingerprint density at radius 1 is 1.29 bits per heavy atom. The van der Waals surface area contributed by atoms with Crippen LogP contribution in [0.2, 0.25) is 0 Å². The topological polar surface area (TPSA) is 65.7 Å². The average molecular weight is 346 g/mol. The molecule has 0 unspecified atom stereocenters. The molecular weight excluding hydrogens is 324 g/mol. The van der Waals surface area contributed by atoms with Crippen LogP contribution in [0.1, 0.15) is 37.0 Å². The molecule has 0 fully saturated rings. The van der Waals surface area contributed by atoms with Crippen LogP contribution >= 0.6 is 11.9 Å². The molecule has 0 atom stereocenters. The molecule has 5 nitrogen and oxygen atoms in total. The maximum absolute atomic E-state index is 12.3. The lowest BCUT2D eigenvalue weighted by atomic mass is 10.0. The molecule has 0 aliphatic heterocycles. The van der Waals surface area contributed by atoms with E-state index in [4.69, 9.17) is 4.42 Å². The van der Waals surface area contributed by atoms with Crippen LogP contribution in [0, 0.1) is 0 Å². The Bertz CT molecular complexity index is 749. The first-order valence-corrected chi connectivity index (χ1v) is 8.76. The molecule has 0 bridgehead atoms. The van der Waals surface area contributed by atoms with Crippen molar-refractivity contribution in [1.29, 1.82) is 0 Å². The van der Waals surface area contributed by atoms with Gasteiger partial charge in [0.15, 0.2) is 5.09 Å². The maximum atomic E-state index is 12.3. The molecule has 0 radical (unpaired) electrons. The lowest BCUT2D eigenvalue weighted by Crippen LogP contribution is -2.25. The second kappa shape index (κ2) is 6.53. The summed E-state index contributed by atoms with van der Waals surface area (Å²) in [6, 6.07) is 7.61. The van der Waals surface area contributed by atoms with Crippen molar-refractivity contribution in [2.75, 3.05) is 12.4 Å². The van der Waals surface area contributed by atoms with Crippen molar-refractivity contribution >= 4 is 23.7 Å². The fourth-order valence-electron chi connectivity index (χ4n) is 2.71. The molecule has 2 N–H and O–H groups in total. The molecule has 1 aromatic heterocycles. The van der Waals surface area contributed by atoms with Gasteiger partial charge in [0.05, 0.1) is 11.9 Å². The van der Waals surface area contributed by atoms with Crippen molar-refractivity contribution in [1.82, 2.24) is 4.31 Å². The summed E-state index contributed by atoms with van der Waals surface area (Å²) < 4.78 is 6.88. The lowest BCUT2D eigenvalue weighted by Gasteiger charge is -2.16. The van der Waals surface area contributed by atoms with Crippen molar-refractivity contribution in [2.24, 2.45) is 0 Å². The van der Waals surface area contributed by atoms with Gasteiger partial charge in [0.2, 0.25) is 0 Å². The molecule has 3 rings (SSSR count). The number of rotatable bonds is 4. The summed E-state index contributed by atoms with van der Waals surface area (Å²) in [5.41, 5.74) is 3.23. The molecule has 128 valence electrons. The van der Waals surface area contributed by atoms with Gasteiger partial charge in [0, 0.05) is 30.2 Å². The molecule has 24 heavy (non-hydrogen) atoms. The third-order valence-corrected chi connectivity index (χ3v) is 4.98. The normalized spacial score (nSPS) is 13.7. The van der Waals surface area contributed by atoms with Crippen molar-refractivity contribution < 1.29 is 14.3 Å². The molecule has 1 aliphatic carbocycles. The fraction of sp³-hybridized carbons (Fsp3) is 0.389. The molecule has 0 saturated heterocycles. The van der Waals surface area contributed by atoms with Crippen LogP contribution in [-0.4, -0.2) is 22.5 Å². The van der Waals surface area contributed by atoms with E-state index in [2.05, 4.69) is 17.4 Å². The predicted molar refractivity (Wildman–Crippen MR) is 95.1 cm³/mol. The van der Waals surface area contributed by atoms with E-state index in [1.54, 1.807) is 27.0 Å². The molecule has 6 heteroatoms. The minimum atomic E-state index is -0.965. The predicted octanol–water partition coefficient (Wildman–Crippen LogP) is 4.17. The lowest BCUT2D eigenvalue weighted by molar-refractivity contribution is 0.0779. The van der Waals surface area contributed by atoms with Crippen LogP contribution in [0.5, 0.6) is 0 Å². The van der Waals surface area contributed by atoms with Crippen LogP contribution in [0.25, 0.3) is 0 Å². The van der Waals surface area contributed by atoms with Gasteiger partial charge >= 0.3 is 6.03 Å². The number of carbonyl (C=O) groups excluding carboxylic acids is 1. The first-order valence-electron chi connectivity index (χ1n) is 7.99. The van der Waals surface area contributed by atoms with E-state index in [1.165, 1.54) is 40.1 Å². The number of carbonyl (C=O) groups is 1. The average Bonchev–Trinajstić information content (AvgIpc) is 3.14. The SMILES string of the molecule is CN(Sc1cc(C(C)(C)O)co1)C(=O)Nc1ccc2c(c1)CCC2. The molecule has 0 saturated carbocycles. The smallest absolute Gasteiger partial charge is 0.331 e. The number of furan rings is 1. The highest BCUT2D eigenvalue weighted by Crippen LogP contribution is 2.30. The number of hydrogen-bond acceptors (Lipinski definition) is 4. The van der Waals surface area contributed by atoms with E-state index in [0.717, 1.165) is 18.5 Å². The number of hydrogen-bond donors (Lipinski definition) is 2. The van der Waals surface area contributed by atoms with Gasteiger partial charge < -0.3 is 14.8 Å². The Labute approximate surface area is 146 Å². The van der Waals surface area contributed by atoms with Gasteiger partial charge in [-0.3, -0.25) is 4.31 Å². The summed E-state index contributed by atoms with van der Waals surface area (Å²) in [6.45, 7) is 3.38. The minimum absolute atomic E-state index is 0.223. The van der Waals surface area contributed by atoms with Crippen molar-refractivity contribution in [3.63, 3.8) is 0 Å². The van der Waals surface area contributed by atoms with E-state index in [-0.39, 0.29) is 6.03 Å². The van der Waals surface area contributed by atoms with Crippen molar-refractivity contribution in [3.8, 4) is 0 Å². The minimum Gasteiger partial charge on any atom is -0.456 e. The number of anilines is 1. The monoisotopic (exact) mass is 346 g/mol. The van der Waals surface area contributed by atoms with E-state index in [0.29, 0.717) is 10.7 Å². The van der Waals surface area contributed by atoms with Crippen LogP contribution in [0.15, 0.2) is 40.0 Å². The Kier molecular flexibility index (Phi) is 4.60. The van der Waals surface area contributed by atoms with Gasteiger partial charge in [-0.25, -0.2) is 4.79 Å². The van der Waals surface area contributed by atoms with Gasteiger partial charge in [-0.15, -0.1) is 0 Å². The first-order chi connectivity index (χ1) is 11.3. The fourth-order valence-corrected chi connectivity index (χ4v) is 3.38. The van der Waals surface area contributed by atoms with Crippen LogP contribution in [-0.2, 0) is 18.4 Å². The van der Waals surface area contributed by atoms with Gasteiger partial charge in [0.1, 0.15) is 0 Å². The number of nitrogens with one attached hydrogen (secondary N) is 1. The van der Waals surface area contributed by atoms with Crippen molar-refractivity contribution in [3.05, 3.63) is 47.2 Å². The summed E-state index contributed by atoms with van der Waals surface area (Å²) in [7, 11) is 1.68. The molecule has 1 heterocycles. The highest BCUT2D eigenvalue weighted by atomic mass is 32.2. The zero-order valence-corrected chi connectivity index (χ0v) is 14.9. The standard InChI is InChI=1S/C18H22N2O3S/c1-18(2,22)14-10-16(23-11-14)24-20(3)17(21)19-15-8-7-12-5-4-6-13(12)9-15/h7-11,22H,4-6H2,1-3H3,(H,19,21). The molecule has 2 amide bonds. The second-order valence-corrected chi connectivity index (χ2v) is 7.70. The third-order valence-electron chi connectivity index (χ3n) is 4.14. The number of fused-ring (bicyclic) bond motifs is 1. The number of aliphatic hydroxyl groups is 1. The zero-order chi connectivity index (χ0) is 17.3. The maximum Gasteiger partial charge on any atom is 0.331 e. The molecule has 2 aromatic rings. The molecule has 1 aromatic carbocycles. The Balaban J connectivity index is 1.61. The second-order valence-electron chi connectivity index (χ2n) is 6.57. The van der Waals surface area contributed by atoms with Gasteiger partial charge in [-0.05, 0) is 62.4 Å². The van der Waals surface area contributed by atoms with Crippen LogP contribution in [0.3, 0.4) is 0 Å².